The molecule has 0 aliphatic rings. The number of carbonyl (C=O) groups is 2. The van der Waals surface area contributed by atoms with Crippen LogP contribution < -0.4 is 5.32 Å². The van der Waals surface area contributed by atoms with Crippen LogP contribution in [0.25, 0.3) is 0 Å². The number of aliphatic hydroxyl groups is 4. The molecule has 0 aromatic carbocycles. The van der Waals surface area contributed by atoms with Gasteiger partial charge in [0, 0.05) is 12.4 Å². The fourth-order valence-corrected chi connectivity index (χ4v) is 1.48. The van der Waals surface area contributed by atoms with Gasteiger partial charge in [-0.2, -0.15) is 0 Å². The second kappa shape index (κ2) is 7.65. The summed E-state index contributed by atoms with van der Waals surface area (Å²) in [5, 5.41) is 39.2. The van der Waals surface area contributed by atoms with E-state index in [0.717, 1.165) is 0 Å². The van der Waals surface area contributed by atoms with Gasteiger partial charge in [0.2, 0.25) is 0 Å². The van der Waals surface area contributed by atoms with E-state index in [1.54, 1.807) is 0 Å². The highest BCUT2D eigenvalue weighted by atomic mass is 16.4. The van der Waals surface area contributed by atoms with Crippen molar-refractivity contribution in [1.82, 2.24) is 10.3 Å². The SMILES string of the molecule is O=C[C@H](NC(=O)c1cccnc1)[C@@H](O)[C@H](O)[C@H](O)CO. The van der Waals surface area contributed by atoms with Crippen LogP contribution in [0.5, 0.6) is 0 Å². The monoisotopic (exact) mass is 284 g/mol. The van der Waals surface area contributed by atoms with Crippen molar-refractivity contribution in [3.63, 3.8) is 0 Å². The maximum Gasteiger partial charge on any atom is 0.253 e. The molecular weight excluding hydrogens is 268 g/mol. The van der Waals surface area contributed by atoms with Gasteiger partial charge in [0.05, 0.1) is 12.2 Å². The van der Waals surface area contributed by atoms with Crippen LogP contribution in [0.3, 0.4) is 0 Å². The molecule has 20 heavy (non-hydrogen) atoms. The Hall–Kier alpha value is -1.87. The van der Waals surface area contributed by atoms with Gasteiger partial charge in [0.15, 0.2) is 0 Å². The number of aliphatic hydroxyl groups excluding tert-OH is 4. The Balaban J connectivity index is 2.72. The molecule has 1 heterocycles. The van der Waals surface area contributed by atoms with E-state index in [2.05, 4.69) is 10.3 Å². The van der Waals surface area contributed by atoms with Crippen LogP contribution in [-0.4, -0.2) is 68.6 Å². The second-order valence-corrected chi connectivity index (χ2v) is 4.11. The maximum atomic E-state index is 11.8. The van der Waals surface area contributed by atoms with Crippen molar-refractivity contribution in [3.05, 3.63) is 30.1 Å². The third-order valence-electron chi connectivity index (χ3n) is 2.67. The van der Waals surface area contributed by atoms with Crippen molar-refractivity contribution in [2.24, 2.45) is 0 Å². The molecule has 8 nitrogen and oxygen atoms in total. The molecule has 0 radical (unpaired) electrons. The summed E-state index contributed by atoms with van der Waals surface area (Å²) in [5.74, 6) is -0.667. The fourth-order valence-electron chi connectivity index (χ4n) is 1.48. The molecule has 0 saturated carbocycles. The molecule has 0 aliphatic heterocycles. The van der Waals surface area contributed by atoms with Gasteiger partial charge in [0.25, 0.3) is 5.91 Å². The zero-order valence-electron chi connectivity index (χ0n) is 10.5. The van der Waals surface area contributed by atoms with E-state index in [4.69, 9.17) is 5.11 Å². The van der Waals surface area contributed by atoms with Crippen LogP contribution in [-0.2, 0) is 4.79 Å². The van der Waals surface area contributed by atoms with Crippen molar-refractivity contribution in [3.8, 4) is 0 Å². The van der Waals surface area contributed by atoms with Gasteiger partial charge in [-0.05, 0) is 12.1 Å². The lowest BCUT2D eigenvalue weighted by atomic mass is 10.0. The summed E-state index contributed by atoms with van der Waals surface area (Å²) in [5.41, 5.74) is 0.170. The van der Waals surface area contributed by atoms with Gasteiger partial charge in [-0.15, -0.1) is 0 Å². The van der Waals surface area contributed by atoms with Crippen LogP contribution in [0.4, 0.5) is 0 Å². The number of carbonyl (C=O) groups excluding carboxylic acids is 2. The van der Waals surface area contributed by atoms with Crippen LogP contribution in [0.1, 0.15) is 10.4 Å². The summed E-state index contributed by atoms with van der Waals surface area (Å²) in [6.07, 6.45) is -2.19. The van der Waals surface area contributed by atoms with E-state index in [1.807, 2.05) is 0 Å². The zero-order chi connectivity index (χ0) is 15.1. The predicted octanol–water partition coefficient (Wildman–Crippen LogP) is -2.55. The number of hydrogen-bond donors (Lipinski definition) is 5. The van der Waals surface area contributed by atoms with Crippen molar-refractivity contribution in [1.29, 1.82) is 0 Å². The van der Waals surface area contributed by atoms with Gasteiger partial charge in [-0.1, -0.05) is 0 Å². The van der Waals surface area contributed by atoms with Crippen LogP contribution >= 0.6 is 0 Å². The van der Waals surface area contributed by atoms with Crippen LogP contribution in [0.2, 0.25) is 0 Å². The first-order valence-electron chi connectivity index (χ1n) is 5.82. The topological polar surface area (TPSA) is 140 Å². The Labute approximate surface area is 114 Å². The summed E-state index contributed by atoms with van der Waals surface area (Å²) < 4.78 is 0. The molecule has 0 fully saturated rings. The van der Waals surface area contributed by atoms with Crippen LogP contribution in [0.15, 0.2) is 24.5 Å². The summed E-state index contributed by atoms with van der Waals surface area (Å²) >= 11 is 0. The summed E-state index contributed by atoms with van der Waals surface area (Å²) in [6, 6.07) is 1.54. The molecule has 1 aromatic heterocycles. The van der Waals surface area contributed by atoms with Crippen molar-refractivity contribution in [2.75, 3.05) is 6.61 Å². The number of pyridine rings is 1. The largest absolute Gasteiger partial charge is 0.394 e. The van der Waals surface area contributed by atoms with Gasteiger partial charge in [-0.3, -0.25) is 9.78 Å². The van der Waals surface area contributed by atoms with E-state index in [-0.39, 0.29) is 11.8 Å². The number of rotatable bonds is 7. The number of aromatic nitrogens is 1. The first-order chi connectivity index (χ1) is 9.51. The van der Waals surface area contributed by atoms with Crippen molar-refractivity contribution in [2.45, 2.75) is 24.4 Å². The molecule has 1 amide bonds. The Morgan fingerprint density at radius 1 is 1.35 bits per heavy atom. The molecule has 0 saturated heterocycles. The lowest BCUT2D eigenvalue weighted by Gasteiger charge is -2.26. The average molecular weight is 284 g/mol. The summed E-state index contributed by atoms with van der Waals surface area (Å²) in [7, 11) is 0. The molecule has 4 atom stereocenters. The van der Waals surface area contributed by atoms with Crippen LogP contribution in [0, 0.1) is 0 Å². The van der Waals surface area contributed by atoms with Gasteiger partial charge in [-0.25, -0.2) is 0 Å². The minimum absolute atomic E-state index is 0.170. The van der Waals surface area contributed by atoms with Gasteiger partial charge >= 0.3 is 0 Å². The molecule has 5 N–H and O–H groups in total. The third kappa shape index (κ3) is 4.07. The summed E-state index contributed by atoms with van der Waals surface area (Å²) in [6.45, 7) is -0.791. The summed E-state index contributed by atoms with van der Waals surface area (Å²) in [4.78, 5) is 26.4. The molecule has 0 spiro atoms. The standard InChI is InChI=1S/C12H16N2O6/c15-5-8(10(18)11(19)9(17)6-16)14-12(20)7-2-1-3-13-4-7/h1-5,8-11,16-19H,6H2,(H,14,20)/t8-,9+,10+,11+/m0/s1. The quantitative estimate of drug-likeness (QED) is 0.347. The zero-order valence-corrected chi connectivity index (χ0v) is 10.5. The molecule has 8 heteroatoms. The minimum atomic E-state index is -1.77. The third-order valence-corrected chi connectivity index (χ3v) is 2.67. The Morgan fingerprint density at radius 2 is 2.05 bits per heavy atom. The Kier molecular flexibility index (Phi) is 6.19. The lowest BCUT2D eigenvalue weighted by Crippen LogP contribution is -2.53. The van der Waals surface area contributed by atoms with Gasteiger partial charge in [0.1, 0.15) is 30.6 Å². The molecule has 110 valence electrons. The lowest BCUT2D eigenvalue weighted by molar-refractivity contribution is -0.119. The minimum Gasteiger partial charge on any atom is -0.394 e. The highest BCUT2D eigenvalue weighted by Gasteiger charge is 2.32. The molecule has 1 aromatic rings. The van der Waals surface area contributed by atoms with E-state index in [0.29, 0.717) is 0 Å². The van der Waals surface area contributed by atoms with Crippen molar-refractivity contribution < 1.29 is 30.0 Å². The molecule has 0 bridgehead atoms. The second-order valence-electron chi connectivity index (χ2n) is 4.11. The normalized spacial score (nSPS) is 16.8. The molecule has 0 aliphatic carbocycles. The smallest absolute Gasteiger partial charge is 0.253 e. The molecule has 1 rings (SSSR count). The van der Waals surface area contributed by atoms with E-state index >= 15 is 0 Å². The number of hydrogen-bond acceptors (Lipinski definition) is 7. The fraction of sp³-hybridized carbons (Fsp3) is 0.417. The number of nitrogens with one attached hydrogen (secondary N) is 1. The first-order valence-corrected chi connectivity index (χ1v) is 5.82. The molecule has 0 unspecified atom stereocenters. The maximum absolute atomic E-state index is 11.8. The van der Waals surface area contributed by atoms with E-state index in [9.17, 15) is 24.9 Å². The Morgan fingerprint density at radius 3 is 2.55 bits per heavy atom. The van der Waals surface area contributed by atoms with E-state index < -0.39 is 36.9 Å². The highest BCUT2D eigenvalue weighted by Crippen LogP contribution is 2.05. The van der Waals surface area contributed by atoms with E-state index in [1.165, 1.54) is 24.5 Å². The average Bonchev–Trinajstić information content (AvgIpc) is 2.50. The van der Waals surface area contributed by atoms with Crippen molar-refractivity contribution >= 4 is 12.2 Å². The number of amides is 1. The molecular formula is C12H16N2O6. The number of aldehydes is 1. The Bertz CT molecular complexity index is 441. The van der Waals surface area contributed by atoms with Gasteiger partial charge < -0.3 is 30.5 Å². The number of nitrogens with zero attached hydrogens (tertiary/aromatic N) is 1. The predicted molar refractivity (Wildman–Crippen MR) is 66.7 cm³/mol. The first kappa shape index (κ1) is 16.2. The highest BCUT2D eigenvalue weighted by molar-refractivity contribution is 5.95.